The Balaban J connectivity index is 1.42. The van der Waals surface area contributed by atoms with Crippen LogP contribution in [0.1, 0.15) is 35.0 Å². The van der Waals surface area contributed by atoms with Crippen LogP contribution in [0.2, 0.25) is 10.0 Å². The van der Waals surface area contributed by atoms with E-state index in [9.17, 15) is 4.79 Å². The van der Waals surface area contributed by atoms with Gasteiger partial charge in [0.15, 0.2) is 0 Å². The maximum atomic E-state index is 12.7. The molecule has 3 aromatic rings. The first-order chi connectivity index (χ1) is 12.6. The zero-order chi connectivity index (χ0) is 18.1. The summed E-state index contributed by atoms with van der Waals surface area (Å²) in [5, 5.41) is 6.97. The van der Waals surface area contributed by atoms with Crippen LogP contribution in [0.3, 0.4) is 0 Å². The van der Waals surface area contributed by atoms with E-state index in [1.807, 2.05) is 22.4 Å². The van der Waals surface area contributed by atoms with Crippen molar-refractivity contribution in [2.75, 3.05) is 13.1 Å². The molecule has 1 aliphatic heterocycles. The second kappa shape index (κ2) is 7.39. The molecular formula is C18H15Cl2N3O2S. The van der Waals surface area contributed by atoms with E-state index in [2.05, 4.69) is 10.1 Å². The molecule has 0 aliphatic carbocycles. The van der Waals surface area contributed by atoms with E-state index in [1.54, 1.807) is 29.5 Å². The van der Waals surface area contributed by atoms with E-state index in [4.69, 9.17) is 27.7 Å². The summed E-state index contributed by atoms with van der Waals surface area (Å²) >= 11 is 13.6. The maximum Gasteiger partial charge on any atom is 0.253 e. The van der Waals surface area contributed by atoms with Crippen molar-refractivity contribution in [2.24, 2.45) is 0 Å². The van der Waals surface area contributed by atoms with Crippen LogP contribution in [0, 0.1) is 0 Å². The fraction of sp³-hybridized carbons (Fsp3) is 0.278. The number of carbonyl (C=O) groups is 1. The van der Waals surface area contributed by atoms with Gasteiger partial charge in [-0.1, -0.05) is 34.4 Å². The molecule has 0 atom stereocenters. The largest absolute Gasteiger partial charge is 0.339 e. The predicted octanol–water partition coefficient (Wildman–Crippen LogP) is 5.12. The van der Waals surface area contributed by atoms with Crippen LogP contribution < -0.4 is 0 Å². The van der Waals surface area contributed by atoms with Crippen LogP contribution in [-0.4, -0.2) is 34.0 Å². The lowest BCUT2D eigenvalue weighted by Crippen LogP contribution is -2.38. The molecule has 0 spiro atoms. The number of rotatable bonds is 3. The van der Waals surface area contributed by atoms with E-state index in [0.29, 0.717) is 40.4 Å². The van der Waals surface area contributed by atoms with Crippen LogP contribution in [0.4, 0.5) is 0 Å². The number of benzene rings is 1. The highest BCUT2D eigenvalue weighted by Crippen LogP contribution is 2.30. The summed E-state index contributed by atoms with van der Waals surface area (Å²) in [5.74, 6) is 1.38. The summed E-state index contributed by atoms with van der Waals surface area (Å²) in [6, 6.07) is 8.84. The van der Waals surface area contributed by atoms with Crippen LogP contribution in [0.5, 0.6) is 0 Å². The highest BCUT2D eigenvalue weighted by Gasteiger charge is 2.28. The summed E-state index contributed by atoms with van der Waals surface area (Å²) in [7, 11) is 0. The number of thiophene rings is 1. The van der Waals surface area contributed by atoms with Gasteiger partial charge in [-0.3, -0.25) is 4.79 Å². The number of hydrogen-bond donors (Lipinski definition) is 0. The van der Waals surface area contributed by atoms with Gasteiger partial charge in [0.05, 0.1) is 4.88 Å². The third-order valence-electron chi connectivity index (χ3n) is 4.42. The lowest BCUT2D eigenvalue weighted by Gasteiger charge is -2.30. The van der Waals surface area contributed by atoms with E-state index >= 15 is 0 Å². The zero-order valence-corrected chi connectivity index (χ0v) is 16.0. The van der Waals surface area contributed by atoms with Crippen molar-refractivity contribution in [3.05, 3.63) is 57.2 Å². The molecule has 5 nitrogen and oxygen atoms in total. The zero-order valence-electron chi connectivity index (χ0n) is 13.7. The fourth-order valence-electron chi connectivity index (χ4n) is 3.10. The standard InChI is InChI=1S/C18H15Cl2N3O2S/c19-13-8-12(9-14(20)10-13)18(24)23-5-3-11(4-6-23)17-21-16(22-25-17)15-2-1-7-26-15/h1-2,7-11H,3-6H2. The Kier molecular flexibility index (Phi) is 4.98. The van der Waals surface area contributed by atoms with E-state index in [1.165, 1.54) is 0 Å². The first-order valence-corrected chi connectivity index (χ1v) is 9.86. The average molecular weight is 408 g/mol. The summed E-state index contributed by atoms with van der Waals surface area (Å²) < 4.78 is 5.45. The molecule has 2 aromatic heterocycles. The Hall–Kier alpha value is -1.89. The van der Waals surface area contributed by atoms with Crippen LogP contribution in [0.15, 0.2) is 40.2 Å². The number of piperidine rings is 1. The number of nitrogens with zero attached hydrogens (tertiary/aromatic N) is 3. The van der Waals surface area contributed by atoms with Crippen molar-refractivity contribution in [1.82, 2.24) is 15.0 Å². The van der Waals surface area contributed by atoms with E-state index < -0.39 is 0 Å². The molecule has 26 heavy (non-hydrogen) atoms. The Morgan fingerprint density at radius 2 is 1.92 bits per heavy atom. The van der Waals surface area contributed by atoms with Crippen LogP contribution in [-0.2, 0) is 0 Å². The number of aromatic nitrogens is 2. The van der Waals surface area contributed by atoms with Crippen molar-refractivity contribution in [3.8, 4) is 10.7 Å². The minimum absolute atomic E-state index is 0.0577. The van der Waals surface area contributed by atoms with Gasteiger partial charge in [-0.15, -0.1) is 11.3 Å². The normalized spacial score (nSPS) is 15.4. The molecular weight excluding hydrogens is 393 g/mol. The number of amides is 1. The molecule has 1 aromatic carbocycles. The summed E-state index contributed by atoms with van der Waals surface area (Å²) in [6.07, 6.45) is 1.57. The predicted molar refractivity (Wildman–Crippen MR) is 102 cm³/mol. The minimum Gasteiger partial charge on any atom is -0.339 e. The lowest BCUT2D eigenvalue weighted by atomic mass is 9.96. The second-order valence-corrected chi connectivity index (χ2v) is 7.98. The summed E-state index contributed by atoms with van der Waals surface area (Å²) in [5.41, 5.74) is 0.513. The molecule has 3 heterocycles. The summed E-state index contributed by atoms with van der Waals surface area (Å²) in [6.45, 7) is 1.26. The lowest BCUT2D eigenvalue weighted by molar-refractivity contribution is 0.0704. The monoisotopic (exact) mass is 407 g/mol. The first kappa shape index (κ1) is 17.5. The maximum absolute atomic E-state index is 12.7. The van der Waals surface area contributed by atoms with Gasteiger partial charge in [0.2, 0.25) is 11.7 Å². The number of carbonyl (C=O) groups excluding carboxylic acids is 1. The molecule has 1 aliphatic rings. The highest BCUT2D eigenvalue weighted by atomic mass is 35.5. The van der Waals surface area contributed by atoms with Crippen molar-refractivity contribution in [2.45, 2.75) is 18.8 Å². The molecule has 0 bridgehead atoms. The van der Waals surface area contributed by atoms with Gasteiger partial charge >= 0.3 is 0 Å². The highest BCUT2D eigenvalue weighted by molar-refractivity contribution is 7.13. The van der Waals surface area contributed by atoms with Gasteiger partial charge in [0.25, 0.3) is 5.91 Å². The molecule has 0 N–H and O–H groups in total. The molecule has 0 unspecified atom stereocenters. The Labute approximate surface area is 164 Å². The van der Waals surface area contributed by atoms with E-state index in [0.717, 1.165) is 17.7 Å². The Morgan fingerprint density at radius 3 is 2.58 bits per heavy atom. The van der Waals surface area contributed by atoms with Gasteiger partial charge in [-0.25, -0.2) is 0 Å². The average Bonchev–Trinajstić information content (AvgIpc) is 3.32. The SMILES string of the molecule is O=C(c1cc(Cl)cc(Cl)c1)N1CCC(c2nc(-c3cccs3)no2)CC1. The second-order valence-electron chi connectivity index (χ2n) is 6.16. The molecule has 0 saturated carbocycles. The fourth-order valence-corrected chi connectivity index (χ4v) is 4.27. The van der Waals surface area contributed by atoms with Crippen molar-refractivity contribution >= 4 is 40.4 Å². The van der Waals surface area contributed by atoms with Crippen molar-refractivity contribution in [1.29, 1.82) is 0 Å². The molecule has 1 fully saturated rings. The molecule has 8 heteroatoms. The van der Waals surface area contributed by atoms with Crippen LogP contribution >= 0.6 is 34.5 Å². The molecule has 1 saturated heterocycles. The van der Waals surface area contributed by atoms with Gasteiger partial charge in [0, 0.05) is 34.6 Å². The summed E-state index contributed by atoms with van der Waals surface area (Å²) in [4.78, 5) is 20.0. The van der Waals surface area contributed by atoms with Gasteiger partial charge in [-0.05, 0) is 42.5 Å². The Bertz CT molecular complexity index is 898. The number of hydrogen-bond acceptors (Lipinski definition) is 5. The van der Waals surface area contributed by atoms with Crippen molar-refractivity contribution < 1.29 is 9.32 Å². The Morgan fingerprint density at radius 1 is 1.19 bits per heavy atom. The first-order valence-electron chi connectivity index (χ1n) is 8.23. The minimum atomic E-state index is -0.0577. The number of likely N-dealkylation sites (tertiary alicyclic amines) is 1. The van der Waals surface area contributed by atoms with Crippen LogP contribution in [0.25, 0.3) is 10.7 Å². The van der Waals surface area contributed by atoms with Crippen molar-refractivity contribution in [3.63, 3.8) is 0 Å². The molecule has 4 rings (SSSR count). The van der Waals surface area contributed by atoms with E-state index in [-0.39, 0.29) is 11.8 Å². The molecule has 1 amide bonds. The van der Waals surface area contributed by atoms with Gasteiger partial charge in [-0.2, -0.15) is 4.98 Å². The molecule has 134 valence electrons. The van der Waals surface area contributed by atoms with Gasteiger partial charge in [0.1, 0.15) is 0 Å². The number of halogens is 2. The smallest absolute Gasteiger partial charge is 0.253 e. The third-order valence-corrected chi connectivity index (χ3v) is 5.73. The third kappa shape index (κ3) is 3.63. The quantitative estimate of drug-likeness (QED) is 0.603. The van der Waals surface area contributed by atoms with Gasteiger partial charge < -0.3 is 9.42 Å². The topological polar surface area (TPSA) is 59.2 Å². The molecule has 0 radical (unpaired) electrons.